The van der Waals surface area contributed by atoms with Gasteiger partial charge in [-0.25, -0.2) is 4.98 Å². The minimum atomic E-state index is 0.0600. The van der Waals surface area contributed by atoms with Crippen LogP contribution in [-0.4, -0.2) is 67.1 Å². The summed E-state index contributed by atoms with van der Waals surface area (Å²) in [6.07, 6.45) is 1.01. The van der Waals surface area contributed by atoms with E-state index in [0.29, 0.717) is 5.69 Å². The van der Waals surface area contributed by atoms with E-state index in [2.05, 4.69) is 9.88 Å². The Hall–Kier alpha value is -0.980. The van der Waals surface area contributed by atoms with E-state index >= 15 is 0 Å². The molecule has 0 spiro atoms. The second-order valence-corrected chi connectivity index (χ2v) is 5.07. The van der Waals surface area contributed by atoms with Crippen molar-refractivity contribution in [2.75, 3.05) is 46.4 Å². The minimum absolute atomic E-state index is 0.0600. The number of amides is 1. The van der Waals surface area contributed by atoms with Crippen molar-refractivity contribution in [3.05, 3.63) is 16.6 Å². The molecule has 100 valence electrons. The third-order valence-electron chi connectivity index (χ3n) is 3.14. The van der Waals surface area contributed by atoms with E-state index < -0.39 is 0 Å². The van der Waals surface area contributed by atoms with E-state index in [-0.39, 0.29) is 5.91 Å². The SMILES string of the molecule is COCCN1CCCN(C(=O)c2cscn2)CC1. The zero-order chi connectivity index (χ0) is 12.8. The maximum absolute atomic E-state index is 12.2. The van der Waals surface area contributed by atoms with Gasteiger partial charge in [0.2, 0.25) is 0 Å². The average Bonchev–Trinajstić information content (AvgIpc) is 2.82. The molecule has 1 fully saturated rings. The van der Waals surface area contributed by atoms with E-state index in [1.165, 1.54) is 11.3 Å². The molecule has 1 amide bonds. The number of nitrogens with zero attached hydrogens (tertiary/aromatic N) is 3. The van der Waals surface area contributed by atoms with Crippen LogP contribution in [0.4, 0.5) is 0 Å². The number of rotatable bonds is 4. The first kappa shape index (κ1) is 13.5. The largest absolute Gasteiger partial charge is 0.383 e. The van der Waals surface area contributed by atoms with Crippen LogP contribution < -0.4 is 0 Å². The van der Waals surface area contributed by atoms with Crippen molar-refractivity contribution < 1.29 is 9.53 Å². The Bertz CT molecular complexity index is 369. The Kier molecular flexibility index (Phi) is 5.10. The molecule has 0 unspecified atom stereocenters. The van der Waals surface area contributed by atoms with E-state index in [9.17, 15) is 4.79 Å². The molecular formula is C12H19N3O2S. The molecule has 1 aliphatic rings. The molecule has 0 aliphatic carbocycles. The lowest BCUT2D eigenvalue weighted by Gasteiger charge is -2.21. The van der Waals surface area contributed by atoms with Gasteiger partial charge in [-0.3, -0.25) is 9.69 Å². The molecule has 0 N–H and O–H groups in total. The van der Waals surface area contributed by atoms with Crippen LogP contribution in [0, 0.1) is 0 Å². The van der Waals surface area contributed by atoms with E-state index in [1.54, 1.807) is 12.6 Å². The molecule has 0 radical (unpaired) electrons. The van der Waals surface area contributed by atoms with Crippen molar-refractivity contribution in [2.45, 2.75) is 6.42 Å². The number of carbonyl (C=O) groups is 1. The summed E-state index contributed by atoms with van der Waals surface area (Å²) in [5, 5.41) is 1.82. The lowest BCUT2D eigenvalue weighted by Crippen LogP contribution is -2.36. The maximum atomic E-state index is 12.2. The van der Waals surface area contributed by atoms with Gasteiger partial charge in [0, 0.05) is 38.7 Å². The number of carbonyl (C=O) groups excluding carboxylic acids is 1. The van der Waals surface area contributed by atoms with E-state index in [4.69, 9.17) is 4.74 Å². The van der Waals surface area contributed by atoms with Gasteiger partial charge in [0.1, 0.15) is 5.69 Å². The normalized spacial score (nSPS) is 17.7. The molecule has 1 aromatic heterocycles. The number of ether oxygens (including phenoxy) is 1. The Labute approximate surface area is 111 Å². The summed E-state index contributed by atoms with van der Waals surface area (Å²) in [5.74, 6) is 0.0600. The van der Waals surface area contributed by atoms with Gasteiger partial charge in [-0.2, -0.15) is 0 Å². The highest BCUT2D eigenvalue weighted by Crippen LogP contribution is 2.09. The highest BCUT2D eigenvalue weighted by molar-refractivity contribution is 7.07. The van der Waals surface area contributed by atoms with Crippen molar-refractivity contribution >= 4 is 17.2 Å². The average molecular weight is 269 g/mol. The van der Waals surface area contributed by atoms with Gasteiger partial charge in [-0.05, 0) is 13.0 Å². The molecule has 18 heavy (non-hydrogen) atoms. The molecule has 1 aliphatic heterocycles. The van der Waals surface area contributed by atoms with Gasteiger partial charge >= 0.3 is 0 Å². The van der Waals surface area contributed by atoms with Crippen LogP contribution in [0.5, 0.6) is 0 Å². The van der Waals surface area contributed by atoms with Crippen molar-refractivity contribution in [1.82, 2.24) is 14.8 Å². The number of hydrogen-bond acceptors (Lipinski definition) is 5. The highest BCUT2D eigenvalue weighted by Gasteiger charge is 2.20. The van der Waals surface area contributed by atoms with E-state index in [1.807, 2.05) is 10.3 Å². The van der Waals surface area contributed by atoms with Gasteiger partial charge in [-0.1, -0.05) is 0 Å². The molecule has 6 heteroatoms. The smallest absolute Gasteiger partial charge is 0.273 e. The Morgan fingerprint density at radius 2 is 2.33 bits per heavy atom. The van der Waals surface area contributed by atoms with Crippen LogP contribution in [0.25, 0.3) is 0 Å². The summed E-state index contributed by atoms with van der Waals surface area (Å²) in [7, 11) is 1.72. The highest BCUT2D eigenvalue weighted by atomic mass is 32.1. The van der Waals surface area contributed by atoms with Crippen molar-refractivity contribution in [3.8, 4) is 0 Å². The molecule has 0 bridgehead atoms. The molecule has 2 rings (SSSR count). The molecule has 2 heterocycles. The second kappa shape index (κ2) is 6.82. The van der Waals surface area contributed by atoms with Crippen LogP contribution in [-0.2, 0) is 4.74 Å². The molecule has 0 saturated carbocycles. The summed E-state index contributed by atoms with van der Waals surface area (Å²) in [4.78, 5) is 20.5. The van der Waals surface area contributed by atoms with Gasteiger partial charge in [0.05, 0.1) is 12.1 Å². The molecule has 1 saturated heterocycles. The van der Waals surface area contributed by atoms with Crippen LogP contribution in [0.3, 0.4) is 0 Å². The fraction of sp³-hybridized carbons (Fsp3) is 0.667. The number of aromatic nitrogens is 1. The first-order chi connectivity index (χ1) is 8.81. The summed E-state index contributed by atoms with van der Waals surface area (Å²) >= 11 is 1.46. The molecule has 5 nitrogen and oxygen atoms in total. The summed E-state index contributed by atoms with van der Waals surface area (Å²) in [6, 6.07) is 0. The molecule has 0 atom stereocenters. The molecule has 0 aromatic carbocycles. The lowest BCUT2D eigenvalue weighted by atomic mass is 10.3. The molecular weight excluding hydrogens is 250 g/mol. The third-order valence-corrected chi connectivity index (χ3v) is 3.73. The second-order valence-electron chi connectivity index (χ2n) is 4.35. The Morgan fingerprint density at radius 3 is 3.06 bits per heavy atom. The summed E-state index contributed by atoms with van der Waals surface area (Å²) in [5.41, 5.74) is 2.28. The fourth-order valence-corrected chi connectivity index (χ4v) is 2.62. The number of thiazole rings is 1. The number of hydrogen-bond donors (Lipinski definition) is 0. The monoisotopic (exact) mass is 269 g/mol. The first-order valence-electron chi connectivity index (χ1n) is 6.20. The van der Waals surface area contributed by atoms with Crippen LogP contribution >= 0.6 is 11.3 Å². The first-order valence-corrected chi connectivity index (χ1v) is 7.14. The molecule has 1 aromatic rings. The zero-order valence-electron chi connectivity index (χ0n) is 10.7. The minimum Gasteiger partial charge on any atom is -0.383 e. The van der Waals surface area contributed by atoms with Crippen LogP contribution in [0.15, 0.2) is 10.9 Å². The third kappa shape index (κ3) is 3.51. The predicted octanol–water partition coefficient (Wildman–Crippen LogP) is 0.937. The fourth-order valence-electron chi connectivity index (χ4n) is 2.10. The van der Waals surface area contributed by atoms with Gasteiger partial charge in [0.15, 0.2) is 0 Å². The zero-order valence-corrected chi connectivity index (χ0v) is 11.5. The quantitative estimate of drug-likeness (QED) is 0.816. The lowest BCUT2D eigenvalue weighted by molar-refractivity contribution is 0.0754. The Balaban J connectivity index is 1.87. The predicted molar refractivity (Wildman–Crippen MR) is 71.0 cm³/mol. The van der Waals surface area contributed by atoms with Gasteiger partial charge in [0.25, 0.3) is 5.91 Å². The standard InChI is InChI=1S/C12H19N3O2S/c1-17-8-7-14-3-2-4-15(6-5-14)12(16)11-9-18-10-13-11/h9-10H,2-8H2,1H3. The van der Waals surface area contributed by atoms with Crippen LogP contribution in [0.1, 0.15) is 16.9 Å². The maximum Gasteiger partial charge on any atom is 0.273 e. The van der Waals surface area contributed by atoms with E-state index in [0.717, 1.165) is 45.8 Å². The van der Waals surface area contributed by atoms with Crippen molar-refractivity contribution in [3.63, 3.8) is 0 Å². The van der Waals surface area contributed by atoms with Crippen LogP contribution in [0.2, 0.25) is 0 Å². The van der Waals surface area contributed by atoms with Crippen molar-refractivity contribution in [1.29, 1.82) is 0 Å². The number of methoxy groups -OCH3 is 1. The topological polar surface area (TPSA) is 45.7 Å². The summed E-state index contributed by atoms with van der Waals surface area (Å²) in [6.45, 7) is 5.23. The van der Waals surface area contributed by atoms with Gasteiger partial charge < -0.3 is 9.64 Å². The Morgan fingerprint density at radius 1 is 1.44 bits per heavy atom. The summed E-state index contributed by atoms with van der Waals surface area (Å²) < 4.78 is 5.09. The van der Waals surface area contributed by atoms with Gasteiger partial charge in [-0.15, -0.1) is 11.3 Å². The van der Waals surface area contributed by atoms with Crippen molar-refractivity contribution in [2.24, 2.45) is 0 Å².